The summed E-state index contributed by atoms with van der Waals surface area (Å²) in [5.74, 6) is 0.103. The minimum Gasteiger partial charge on any atom is -0.380 e. The second kappa shape index (κ2) is 9.26. The van der Waals surface area contributed by atoms with Gasteiger partial charge in [-0.05, 0) is 27.8 Å². The van der Waals surface area contributed by atoms with Crippen LogP contribution in [0, 0.1) is 0 Å². The Hall–Kier alpha value is -2.75. The monoisotopic (exact) mass is 360 g/mol. The summed E-state index contributed by atoms with van der Waals surface area (Å²) in [7, 11) is 3.34. The third kappa shape index (κ3) is 4.91. The third-order valence-corrected chi connectivity index (χ3v) is 4.50. The summed E-state index contributed by atoms with van der Waals surface area (Å²) >= 11 is 0. The van der Waals surface area contributed by atoms with Gasteiger partial charge in [0.2, 0.25) is 0 Å². The summed E-state index contributed by atoms with van der Waals surface area (Å²) in [6, 6.07) is 24.0. The highest BCUT2D eigenvalue weighted by Gasteiger charge is 2.13. The minimum absolute atomic E-state index is 0.103. The van der Waals surface area contributed by atoms with Gasteiger partial charge in [0.1, 0.15) is 0 Å². The first-order chi connectivity index (χ1) is 13.2. The lowest BCUT2D eigenvalue weighted by molar-refractivity contribution is 0.0993. The number of methoxy groups -OCH3 is 2. The van der Waals surface area contributed by atoms with E-state index in [1.807, 2.05) is 42.5 Å². The van der Waals surface area contributed by atoms with E-state index < -0.39 is 0 Å². The van der Waals surface area contributed by atoms with Gasteiger partial charge in [-0.15, -0.1) is 0 Å². The van der Waals surface area contributed by atoms with Crippen LogP contribution in [0.1, 0.15) is 27.0 Å². The van der Waals surface area contributed by atoms with Crippen molar-refractivity contribution in [3.8, 4) is 11.1 Å². The van der Waals surface area contributed by atoms with Gasteiger partial charge in [0.25, 0.3) is 0 Å². The van der Waals surface area contributed by atoms with E-state index in [2.05, 4.69) is 30.3 Å². The van der Waals surface area contributed by atoms with Crippen LogP contribution >= 0.6 is 0 Å². The molecule has 3 heteroatoms. The Kier molecular flexibility index (Phi) is 6.53. The van der Waals surface area contributed by atoms with Gasteiger partial charge in [-0.25, -0.2) is 0 Å². The highest BCUT2D eigenvalue weighted by Crippen LogP contribution is 2.26. The van der Waals surface area contributed by atoms with Crippen LogP contribution in [0.2, 0.25) is 0 Å². The molecular formula is C24H24O3. The fourth-order valence-electron chi connectivity index (χ4n) is 3.18. The van der Waals surface area contributed by atoms with Gasteiger partial charge in [0.15, 0.2) is 5.78 Å². The Balaban J connectivity index is 1.89. The molecule has 0 saturated heterocycles. The second-order valence-electron chi connectivity index (χ2n) is 6.52. The predicted molar refractivity (Wildman–Crippen MR) is 108 cm³/mol. The molecule has 3 aromatic rings. The molecule has 3 nitrogen and oxygen atoms in total. The van der Waals surface area contributed by atoms with Gasteiger partial charge in [0.05, 0.1) is 13.2 Å². The zero-order valence-electron chi connectivity index (χ0n) is 15.8. The molecule has 0 spiro atoms. The van der Waals surface area contributed by atoms with E-state index in [1.54, 1.807) is 14.2 Å². The summed E-state index contributed by atoms with van der Waals surface area (Å²) in [6.07, 6.45) is 0.353. The number of hydrogen-bond donors (Lipinski definition) is 0. The number of carbonyl (C=O) groups is 1. The van der Waals surface area contributed by atoms with Crippen molar-refractivity contribution in [2.45, 2.75) is 19.6 Å². The topological polar surface area (TPSA) is 35.5 Å². The van der Waals surface area contributed by atoms with E-state index in [4.69, 9.17) is 9.47 Å². The zero-order valence-corrected chi connectivity index (χ0v) is 15.8. The normalized spacial score (nSPS) is 10.7. The molecule has 0 bridgehead atoms. The molecule has 0 fully saturated rings. The average molecular weight is 360 g/mol. The smallest absolute Gasteiger partial charge is 0.167 e. The minimum atomic E-state index is 0.103. The molecule has 0 aromatic heterocycles. The van der Waals surface area contributed by atoms with E-state index in [0.717, 1.165) is 27.8 Å². The van der Waals surface area contributed by atoms with E-state index in [-0.39, 0.29) is 5.78 Å². The van der Waals surface area contributed by atoms with Crippen molar-refractivity contribution in [1.29, 1.82) is 0 Å². The molecule has 27 heavy (non-hydrogen) atoms. The van der Waals surface area contributed by atoms with Crippen LogP contribution < -0.4 is 0 Å². The van der Waals surface area contributed by atoms with Crippen molar-refractivity contribution in [3.63, 3.8) is 0 Å². The molecule has 0 aliphatic heterocycles. The molecule has 0 aliphatic rings. The number of hydrogen-bond acceptors (Lipinski definition) is 3. The average Bonchev–Trinajstić information content (AvgIpc) is 2.70. The second-order valence-corrected chi connectivity index (χ2v) is 6.52. The lowest BCUT2D eigenvalue weighted by Gasteiger charge is -2.12. The molecule has 3 aromatic carbocycles. The van der Waals surface area contributed by atoms with Crippen LogP contribution in [0.3, 0.4) is 0 Å². The highest BCUT2D eigenvalue weighted by atomic mass is 16.5. The van der Waals surface area contributed by atoms with E-state index in [9.17, 15) is 4.79 Å². The van der Waals surface area contributed by atoms with Crippen molar-refractivity contribution >= 4 is 5.78 Å². The van der Waals surface area contributed by atoms with Crippen LogP contribution in [-0.2, 0) is 29.1 Å². The molecule has 0 atom stereocenters. The molecule has 138 valence electrons. The standard InChI is InChI=1S/C24H24O3/c1-26-16-18-8-11-21(12-9-18)24(25)15-22-14-19(17-27-2)10-13-23(22)20-6-4-3-5-7-20/h3-14H,15-17H2,1-2H3. The maximum absolute atomic E-state index is 12.9. The van der Waals surface area contributed by atoms with Crippen molar-refractivity contribution in [1.82, 2.24) is 0 Å². The summed E-state index contributed by atoms with van der Waals surface area (Å²) in [4.78, 5) is 12.9. The number of ether oxygens (including phenoxy) is 2. The van der Waals surface area contributed by atoms with Crippen molar-refractivity contribution < 1.29 is 14.3 Å². The first-order valence-electron chi connectivity index (χ1n) is 8.98. The molecule has 3 rings (SSSR count). The van der Waals surface area contributed by atoms with Crippen LogP contribution in [0.15, 0.2) is 72.8 Å². The number of ketones is 1. The summed E-state index contributed by atoms with van der Waals surface area (Å²) < 4.78 is 10.4. The maximum atomic E-state index is 12.9. The molecule has 0 radical (unpaired) electrons. The lowest BCUT2D eigenvalue weighted by atomic mass is 9.93. The molecular weight excluding hydrogens is 336 g/mol. The van der Waals surface area contributed by atoms with Gasteiger partial charge in [0, 0.05) is 26.2 Å². The third-order valence-electron chi connectivity index (χ3n) is 4.50. The van der Waals surface area contributed by atoms with Crippen molar-refractivity contribution in [2.24, 2.45) is 0 Å². The first kappa shape index (κ1) is 19.0. The Morgan fingerprint density at radius 3 is 2.07 bits per heavy atom. The Morgan fingerprint density at radius 1 is 0.778 bits per heavy atom. The van der Waals surface area contributed by atoms with Crippen molar-refractivity contribution in [2.75, 3.05) is 14.2 Å². The van der Waals surface area contributed by atoms with Gasteiger partial charge in [-0.1, -0.05) is 72.8 Å². The fourth-order valence-corrected chi connectivity index (χ4v) is 3.18. The summed E-state index contributed by atoms with van der Waals surface area (Å²) in [5, 5.41) is 0. The number of benzene rings is 3. The molecule has 0 heterocycles. The summed E-state index contributed by atoms with van der Waals surface area (Å²) in [6.45, 7) is 1.08. The van der Waals surface area contributed by atoms with Crippen LogP contribution in [0.5, 0.6) is 0 Å². The first-order valence-corrected chi connectivity index (χ1v) is 8.98. The predicted octanol–water partition coefficient (Wildman–Crippen LogP) is 5.07. The molecule has 0 unspecified atom stereocenters. The van der Waals surface area contributed by atoms with Gasteiger partial charge in [-0.3, -0.25) is 4.79 Å². The number of Topliss-reactive ketones (excluding diaryl/α,β-unsaturated/α-hetero) is 1. The Labute approximate surface area is 160 Å². The lowest BCUT2D eigenvalue weighted by Crippen LogP contribution is -2.06. The summed E-state index contributed by atoms with van der Waals surface area (Å²) in [5.41, 5.74) is 6.05. The zero-order chi connectivity index (χ0) is 19.1. The fraction of sp³-hybridized carbons (Fsp3) is 0.208. The van der Waals surface area contributed by atoms with Crippen LogP contribution in [0.4, 0.5) is 0 Å². The molecule has 0 saturated carbocycles. The molecule has 0 amide bonds. The van der Waals surface area contributed by atoms with Crippen LogP contribution in [0.25, 0.3) is 11.1 Å². The quantitative estimate of drug-likeness (QED) is 0.526. The van der Waals surface area contributed by atoms with Gasteiger partial charge in [-0.2, -0.15) is 0 Å². The number of carbonyl (C=O) groups excluding carboxylic acids is 1. The molecule has 0 aliphatic carbocycles. The Bertz CT molecular complexity index is 883. The number of rotatable bonds is 8. The van der Waals surface area contributed by atoms with E-state index >= 15 is 0 Å². The van der Waals surface area contributed by atoms with Gasteiger partial charge < -0.3 is 9.47 Å². The SMILES string of the molecule is COCc1ccc(C(=O)Cc2cc(COC)ccc2-c2ccccc2)cc1. The Morgan fingerprint density at radius 2 is 1.41 bits per heavy atom. The van der Waals surface area contributed by atoms with Gasteiger partial charge >= 0.3 is 0 Å². The van der Waals surface area contributed by atoms with Crippen molar-refractivity contribution in [3.05, 3.63) is 95.1 Å². The van der Waals surface area contributed by atoms with E-state index in [0.29, 0.717) is 25.2 Å². The van der Waals surface area contributed by atoms with Crippen LogP contribution in [-0.4, -0.2) is 20.0 Å². The van der Waals surface area contributed by atoms with E-state index in [1.165, 1.54) is 0 Å². The maximum Gasteiger partial charge on any atom is 0.167 e. The largest absolute Gasteiger partial charge is 0.380 e. The molecule has 0 N–H and O–H groups in total. The highest BCUT2D eigenvalue weighted by molar-refractivity contribution is 5.98.